The lowest BCUT2D eigenvalue weighted by Gasteiger charge is -2.45. The number of hydrogen-bond acceptors (Lipinski definition) is 7. The summed E-state index contributed by atoms with van der Waals surface area (Å²) in [5, 5.41) is 32.3. The summed E-state index contributed by atoms with van der Waals surface area (Å²) < 4.78 is 23.6. The van der Waals surface area contributed by atoms with Crippen LogP contribution in [-0.4, -0.2) is 59.1 Å². The van der Waals surface area contributed by atoms with Crippen molar-refractivity contribution in [1.82, 2.24) is 0 Å². The van der Waals surface area contributed by atoms with Crippen molar-refractivity contribution < 1.29 is 34.3 Å². The third-order valence-electron chi connectivity index (χ3n) is 6.19. The Morgan fingerprint density at radius 2 is 0.914 bits per heavy atom. The molecule has 7 nitrogen and oxygen atoms in total. The molecule has 0 amide bonds. The quantitative estimate of drug-likeness (QED) is 0.411. The number of ether oxygens (including phenoxy) is 4. The van der Waals surface area contributed by atoms with Gasteiger partial charge in [-0.2, -0.15) is 0 Å². The van der Waals surface area contributed by atoms with E-state index in [0.717, 1.165) is 22.4 Å². The molecule has 3 aromatic rings. The average Bonchev–Trinajstić information content (AvgIpc) is 2.91. The van der Waals surface area contributed by atoms with E-state index in [1.54, 1.807) is 7.11 Å². The van der Waals surface area contributed by atoms with Crippen LogP contribution >= 0.6 is 0 Å². The van der Waals surface area contributed by atoms with Crippen molar-refractivity contribution >= 4 is 0 Å². The zero-order valence-electron chi connectivity index (χ0n) is 19.6. The van der Waals surface area contributed by atoms with Crippen LogP contribution in [0, 0.1) is 0 Å². The fourth-order valence-corrected chi connectivity index (χ4v) is 4.19. The van der Waals surface area contributed by atoms with Gasteiger partial charge in [-0.25, -0.2) is 0 Å². The fourth-order valence-electron chi connectivity index (χ4n) is 4.19. The topological polar surface area (TPSA) is 97.6 Å². The third-order valence-corrected chi connectivity index (χ3v) is 6.19. The molecule has 4 rings (SSSR count). The average molecular weight is 481 g/mol. The van der Waals surface area contributed by atoms with Crippen molar-refractivity contribution in [3.63, 3.8) is 0 Å². The molecule has 3 aromatic carbocycles. The van der Waals surface area contributed by atoms with Gasteiger partial charge in [0.15, 0.2) is 0 Å². The lowest BCUT2D eigenvalue weighted by Crippen LogP contribution is -2.65. The summed E-state index contributed by atoms with van der Waals surface area (Å²) in [6, 6.07) is 26.5. The van der Waals surface area contributed by atoms with Crippen molar-refractivity contribution in [2.24, 2.45) is 0 Å². The van der Waals surface area contributed by atoms with Gasteiger partial charge in [-0.1, -0.05) is 72.8 Å². The molecule has 1 saturated carbocycles. The number of hydrogen-bond donors (Lipinski definition) is 3. The van der Waals surface area contributed by atoms with Crippen LogP contribution in [0.5, 0.6) is 5.75 Å². The SMILES string of the molecule is COc1ccc(CO[C@@H]2[C@H](O)[C@@H](O)[C@H](O)[C@@H](OCc3ccccc3)[C@@H]2OCc2ccccc2)cc1. The number of methoxy groups -OCH3 is 1. The molecule has 0 saturated heterocycles. The van der Waals surface area contributed by atoms with Gasteiger partial charge in [-0.3, -0.25) is 0 Å². The molecule has 1 aliphatic carbocycles. The largest absolute Gasteiger partial charge is 0.497 e. The van der Waals surface area contributed by atoms with Crippen LogP contribution in [0.15, 0.2) is 84.9 Å². The van der Waals surface area contributed by atoms with Gasteiger partial charge >= 0.3 is 0 Å². The summed E-state index contributed by atoms with van der Waals surface area (Å²) in [5.74, 6) is 0.725. The molecule has 0 spiro atoms. The molecule has 0 unspecified atom stereocenters. The van der Waals surface area contributed by atoms with Gasteiger partial charge in [0.25, 0.3) is 0 Å². The van der Waals surface area contributed by atoms with Gasteiger partial charge < -0.3 is 34.3 Å². The molecule has 0 aromatic heterocycles. The first kappa shape index (κ1) is 25.3. The fraction of sp³-hybridized carbons (Fsp3) is 0.357. The molecule has 0 radical (unpaired) electrons. The van der Waals surface area contributed by atoms with E-state index in [9.17, 15) is 15.3 Å². The van der Waals surface area contributed by atoms with Crippen molar-refractivity contribution in [2.75, 3.05) is 7.11 Å². The first-order valence-corrected chi connectivity index (χ1v) is 11.7. The van der Waals surface area contributed by atoms with E-state index in [4.69, 9.17) is 18.9 Å². The maximum Gasteiger partial charge on any atom is 0.118 e. The predicted molar refractivity (Wildman–Crippen MR) is 130 cm³/mol. The van der Waals surface area contributed by atoms with Gasteiger partial charge in [-0.05, 0) is 28.8 Å². The Hall–Kier alpha value is -2.78. The van der Waals surface area contributed by atoms with Crippen LogP contribution in [0.25, 0.3) is 0 Å². The molecule has 0 aliphatic heterocycles. The lowest BCUT2D eigenvalue weighted by molar-refractivity contribution is -0.263. The van der Waals surface area contributed by atoms with Crippen LogP contribution < -0.4 is 4.74 Å². The third kappa shape index (κ3) is 6.46. The zero-order valence-corrected chi connectivity index (χ0v) is 19.6. The second kappa shape index (κ2) is 12.3. The Balaban J connectivity index is 1.53. The molecule has 0 bridgehead atoms. The molecule has 7 heteroatoms. The molecule has 1 aliphatic rings. The minimum absolute atomic E-state index is 0.172. The van der Waals surface area contributed by atoms with Gasteiger partial charge in [0, 0.05) is 0 Å². The van der Waals surface area contributed by atoms with E-state index in [2.05, 4.69) is 0 Å². The summed E-state index contributed by atoms with van der Waals surface area (Å²) >= 11 is 0. The van der Waals surface area contributed by atoms with Crippen LogP contribution in [-0.2, 0) is 34.0 Å². The summed E-state index contributed by atoms with van der Waals surface area (Å²) in [6.07, 6.45) is -6.84. The highest BCUT2D eigenvalue weighted by Crippen LogP contribution is 2.30. The molecule has 3 N–H and O–H groups in total. The molecule has 0 heterocycles. The van der Waals surface area contributed by atoms with Crippen molar-refractivity contribution in [2.45, 2.75) is 56.4 Å². The van der Waals surface area contributed by atoms with E-state index in [1.807, 2.05) is 84.9 Å². The Labute approximate surface area is 205 Å². The lowest BCUT2D eigenvalue weighted by atomic mass is 9.84. The molecule has 1 fully saturated rings. The van der Waals surface area contributed by atoms with Gasteiger partial charge in [-0.15, -0.1) is 0 Å². The van der Waals surface area contributed by atoms with E-state index in [1.165, 1.54) is 0 Å². The Morgan fingerprint density at radius 3 is 1.34 bits per heavy atom. The van der Waals surface area contributed by atoms with Crippen LogP contribution in [0.4, 0.5) is 0 Å². The van der Waals surface area contributed by atoms with Crippen LogP contribution in [0.1, 0.15) is 16.7 Å². The smallest absolute Gasteiger partial charge is 0.118 e. The zero-order chi connectivity index (χ0) is 24.6. The summed E-state index contributed by atoms with van der Waals surface area (Å²) in [6.45, 7) is 0.613. The van der Waals surface area contributed by atoms with E-state index in [-0.39, 0.29) is 19.8 Å². The van der Waals surface area contributed by atoms with Crippen molar-refractivity contribution in [3.05, 3.63) is 102 Å². The van der Waals surface area contributed by atoms with Gasteiger partial charge in [0.05, 0.1) is 26.9 Å². The monoisotopic (exact) mass is 480 g/mol. The van der Waals surface area contributed by atoms with Crippen molar-refractivity contribution in [3.8, 4) is 5.75 Å². The number of rotatable bonds is 10. The maximum absolute atomic E-state index is 10.8. The molecular formula is C28H32O7. The predicted octanol–water partition coefficient (Wildman–Crippen LogP) is 2.85. The number of aliphatic hydroxyl groups excluding tert-OH is 3. The molecule has 35 heavy (non-hydrogen) atoms. The summed E-state index contributed by atoms with van der Waals surface area (Å²) in [4.78, 5) is 0. The first-order valence-electron chi connectivity index (χ1n) is 11.7. The normalized spacial score (nSPS) is 26.4. The highest BCUT2D eigenvalue weighted by Gasteiger charge is 2.51. The standard InChI is InChI=1S/C28H32O7/c1-32-22-14-12-21(13-15-22)18-34-27-25(31)23(29)24(30)26(33-16-19-8-4-2-5-9-19)28(27)35-17-20-10-6-3-7-11-20/h2-15,23-31H,16-18H2,1H3/t23-,24-,25+,26+,27+,28-/m0/s1. The van der Waals surface area contributed by atoms with Crippen LogP contribution in [0.2, 0.25) is 0 Å². The number of aliphatic hydroxyl groups is 3. The Morgan fingerprint density at radius 1 is 0.514 bits per heavy atom. The summed E-state index contributed by atoms with van der Waals surface area (Å²) in [5.41, 5.74) is 2.71. The highest BCUT2D eigenvalue weighted by molar-refractivity contribution is 5.26. The summed E-state index contributed by atoms with van der Waals surface area (Å²) in [7, 11) is 1.60. The van der Waals surface area contributed by atoms with Gasteiger partial charge in [0.1, 0.15) is 42.4 Å². The Kier molecular flexibility index (Phi) is 8.87. The maximum atomic E-state index is 10.8. The molecule has 6 atom stereocenters. The van der Waals surface area contributed by atoms with E-state index >= 15 is 0 Å². The first-order chi connectivity index (χ1) is 17.1. The molecule has 186 valence electrons. The second-order valence-corrected chi connectivity index (χ2v) is 8.62. The van der Waals surface area contributed by atoms with Gasteiger partial charge in [0.2, 0.25) is 0 Å². The minimum Gasteiger partial charge on any atom is -0.497 e. The van der Waals surface area contributed by atoms with E-state index < -0.39 is 36.6 Å². The Bertz CT molecular complexity index is 1010. The second-order valence-electron chi connectivity index (χ2n) is 8.62. The minimum atomic E-state index is -1.45. The van der Waals surface area contributed by atoms with E-state index in [0.29, 0.717) is 0 Å². The highest BCUT2D eigenvalue weighted by atomic mass is 16.6. The van der Waals surface area contributed by atoms with Crippen molar-refractivity contribution in [1.29, 1.82) is 0 Å². The van der Waals surface area contributed by atoms with Crippen LogP contribution in [0.3, 0.4) is 0 Å². The molecular weight excluding hydrogens is 448 g/mol. The number of benzene rings is 3.